The number of alkyl halides is 1. The smallest absolute Gasteiger partial charge is 0.407 e. The number of rotatable bonds is 20. The van der Waals surface area contributed by atoms with Crippen LogP contribution < -0.4 is 5.32 Å². The van der Waals surface area contributed by atoms with E-state index < -0.39 is 23.5 Å². The van der Waals surface area contributed by atoms with Gasteiger partial charge in [-0.25, -0.2) is 9.18 Å². The van der Waals surface area contributed by atoms with Gasteiger partial charge < -0.3 is 29.0 Å². The van der Waals surface area contributed by atoms with Gasteiger partial charge in [-0.05, 0) is 45.7 Å². The first-order valence-electron chi connectivity index (χ1n) is 14.3. The summed E-state index contributed by atoms with van der Waals surface area (Å²) >= 11 is 0. The van der Waals surface area contributed by atoms with E-state index >= 15 is 4.39 Å². The summed E-state index contributed by atoms with van der Waals surface area (Å²) in [6, 6.07) is 20.2. The molecule has 0 bridgehead atoms. The highest BCUT2D eigenvalue weighted by molar-refractivity contribution is 5.67. The van der Waals surface area contributed by atoms with Gasteiger partial charge >= 0.3 is 6.09 Å². The fourth-order valence-electron chi connectivity index (χ4n) is 3.85. The Labute approximate surface area is 245 Å². The lowest BCUT2D eigenvalue weighted by Gasteiger charge is -2.33. The van der Waals surface area contributed by atoms with Gasteiger partial charge in [0.15, 0.2) is 0 Å². The van der Waals surface area contributed by atoms with Crippen molar-refractivity contribution in [3.63, 3.8) is 0 Å². The van der Waals surface area contributed by atoms with Crippen molar-refractivity contribution in [2.24, 2.45) is 0 Å². The van der Waals surface area contributed by atoms with Crippen LogP contribution in [0.4, 0.5) is 9.18 Å². The van der Waals surface area contributed by atoms with E-state index in [9.17, 15) is 4.79 Å². The number of hydrogen-bond donors (Lipinski definition) is 1. The summed E-state index contributed by atoms with van der Waals surface area (Å²) in [6.45, 7) is 13.6. The van der Waals surface area contributed by atoms with Crippen LogP contribution in [0.5, 0.6) is 0 Å². The summed E-state index contributed by atoms with van der Waals surface area (Å²) in [6.07, 6.45) is -1.64. The Bertz CT molecular complexity index is 914. The highest BCUT2D eigenvalue weighted by Gasteiger charge is 2.32. The van der Waals surface area contributed by atoms with Crippen molar-refractivity contribution in [3.05, 3.63) is 71.8 Å². The van der Waals surface area contributed by atoms with E-state index in [1.54, 1.807) is 13.8 Å². The summed E-state index contributed by atoms with van der Waals surface area (Å²) < 4.78 is 43.0. The van der Waals surface area contributed by atoms with Gasteiger partial charge in [0.2, 0.25) is 0 Å². The molecule has 1 atom stereocenters. The Morgan fingerprint density at radius 1 is 0.756 bits per heavy atom. The normalized spacial score (nSPS) is 12.9. The number of nitrogens with one attached hydrogen (secondary N) is 1. The van der Waals surface area contributed by atoms with Gasteiger partial charge in [0, 0.05) is 26.2 Å². The average Bonchev–Trinajstić information content (AvgIpc) is 2.91. The van der Waals surface area contributed by atoms with Gasteiger partial charge in [-0.2, -0.15) is 0 Å². The van der Waals surface area contributed by atoms with E-state index in [-0.39, 0.29) is 6.54 Å². The van der Waals surface area contributed by atoms with Crippen LogP contribution in [0.25, 0.3) is 0 Å². The maximum atomic E-state index is 15.5. The molecule has 0 spiro atoms. The van der Waals surface area contributed by atoms with Gasteiger partial charge in [0.1, 0.15) is 11.8 Å². The highest BCUT2D eigenvalue weighted by atomic mass is 19.1. The SMILES string of the molecule is CC(C)(C)OC(=O)NCCOCCOCCOCCOC(C)(C)C(F)CN(Cc1ccccc1)Cc1ccccc1. The predicted molar refractivity (Wildman–Crippen MR) is 159 cm³/mol. The summed E-state index contributed by atoms with van der Waals surface area (Å²) in [5, 5.41) is 2.63. The van der Waals surface area contributed by atoms with Crippen molar-refractivity contribution >= 4 is 6.09 Å². The lowest BCUT2D eigenvalue weighted by Crippen LogP contribution is -2.44. The van der Waals surface area contributed by atoms with Crippen LogP contribution >= 0.6 is 0 Å². The minimum Gasteiger partial charge on any atom is -0.444 e. The molecule has 9 heteroatoms. The van der Waals surface area contributed by atoms with Crippen LogP contribution in [0.15, 0.2) is 60.7 Å². The van der Waals surface area contributed by atoms with E-state index in [2.05, 4.69) is 34.5 Å². The van der Waals surface area contributed by atoms with E-state index in [0.29, 0.717) is 65.9 Å². The maximum Gasteiger partial charge on any atom is 0.407 e. The number of carbonyl (C=O) groups is 1. The summed E-state index contributed by atoms with van der Waals surface area (Å²) in [5.41, 5.74) is 0.811. The molecule has 8 nitrogen and oxygen atoms in total. The second-order valence-corrected chi connectivity index (χ2v) is 11.3. The van der Waals surface area contributed by atoms with E-state index in [4.69, 9.17) is 23.7 Å². The van der Waals surface area contributed by atoms with Crippen molar-refractivity contribution in [3.8, 4) is 0 Å². The topological polar surface area (TPSA) is 78.5 Å². The number of ether oxygens (including phenoxy) is 5. The average molecular weight is 577 g/mol. The first kappa shape index (κ1) is 34.6. The molecule has 2 rings (SSSR count). The van der Waals surface area contributed by atoms with Gasteiger partial charge in [-0.1, -0.05) is 60.7 Å². The Hall–Kier alpha value is -2.56. The number of halogens is 1. The molecular formula is C32H49FN2O6. The summed E-state index contributed by atoms with van der Waals surface area (Å²) in [5.74, 6) is 0. The zero-order valence-electron chi connectivity index (χ0n) is 25.4. The third-order valence-corrected chi connectivity index (χ3v) is 6.03. The lowest BCUT2D eigenvalue weighted by atomic mass is 10.0. The third-order valence-electron chi connectivity index (χ3n) is 6.03. The van der Waals surface area contributed by atoms with Crippen molar-refractivity contribution in [2.45, 2.75) is 65.1 Å². The molecule has 0 saturated carbocycles. The van der Waals surface area contributed by atoms with Gasteiger partial charge in [0.05, 0.1) is 51.8 Å². The molecule has 2 aromatic carbocycles. The van der Waals surface area contributed by atoms with E-state index in [1.807, 2.05) is 57.2 Å². The molecule has 1 amide bonds. The summed E-state index contributed by atoms with van der Waals surface area (Å²) in [4.78, 5) is 13.7. The molecule has 0 aromatic heterocycles. The first-order chi connectivity index (χ1) is 19.5. The van der Waals surface area contributed by atoms with Crippen molar-refractivity contribution in [1.29, 1.82) is 0 Å². The molecule has 41 heavy (non-hydrogen) atoms. The monoisotopic (exact) mass is 576 g/mol. The molecule has 2 aromatic rings. The van der Waals surface area contributed by atoms with Crippen molar-refractivity contribution in [2.75, 3.05) is 59.3 Å². The van der Waals surface area contributed by atoms with Gasteiger partial charge in [-0.3, -0.25) is 4.90 Å². The molecule has 0 radical (unpaired) electrons. The Balaban J connectivity index is 1.57. The molecular weight excluding hydrogens is 527 g/mol. The fourth-order valence-corrected chi connectivity index (χ4v) is 3.85. The standard InChI is InChI=1S/C32H49FN2O6/c1-31(2,3)41-30(36)34-16-17-37-18-19-38-20-21-39-22-23-40-32(4,5)29(33)26-35(24-27-12-8-6-9-13-27)25-28-14-10-7-11-15-28/h6-15,29H,16-26H2,1-5H3,(H,34,36). The molecule has 0 aliphatic heterocycles. The van der Waals surface area contributed by atoms with Crippen molar-refractivity contribution in [1.82, 2.24) is 10.2 Å². The zero-order chi connectivity index (χ0) is 30.0. The van der Waals surface area contributed by atoms with Crippen LogP contribution in [0.1, 0.15) is 45.7 Å². The molecule has 0 aliphatic rings. The Morgan fingerprint density at radius 2 is 1.22 bits per heavy atom. The number of hydrogen-bond acceptors (Lipinski definition) is 7. The second-order valence-electron chi connectivity index (χ2n) is 11.3. The molecule has 1 unspecified atom stereocenters. The van der Waals surface area contributed by atoms with E-state index in [1.165, 1.54) is 0 Å². The molecule has 230 valence electrons. The zero-order valence-corrected chi connectivity index (χ0v) is 25.4. The Morgan fingerprint density at radius 3 is 1.71 bits per heavy atom. The quantitative estimate of drug-likeness (QED) is 0.212. The number of nitrogens with zero attached hydrogens (tertiary/aromatic N) is 1. The highest BCUT2D eigenvalue weighted by Crippen LogP contribution is 2.21. The minimum atomic E-state index is -1.18. The first-order valence-corrected chi connectivity index (χ1v) is 14.3. The molecule has 0 fully saturated rings. The third kappa shape index (κ3) is 16.5. The van der Waals surface area contributed by atoms with E-state index in [0.717, 1.165) is 11.1 Å². The molecule has 0 saturated heterocycles. The number of alkyl carbamates (subject to hydrolysis) is 1. The predicted octanol–water partition coefficient (Wildman–Crippen LogP) is 5.40. The number of amides is 1. The Kier molecular flexibility index (Phi) is 15.9. The second kappa shape index (κ2) is 18.8. The fraction of sp³-hybridized carbons (Fsp3) is 0.594. The van der Waals surface area contributed by atoms with Crippen LogP contribution in [0, 0.1) is 0 Å². The van der Waals surface area contributed by atoms with Crippen LogP contribution in [0.2, 0.25) is 0 Å². The molecule has 0 aliphatic carbocycles. The van der Waals surface area contributed by atoms with Crippen molar-refractivity contribution < 1.29 is 32.9 Å². The maximum absolute atomic E-state index is 15.5. The number of carbonyl (C=O) groups excluding carboxylic acids is 1. The van der Waals surface area contributed by atoms with Crippen LogP contribution in [-0.2, 0) is 36.8 Å². The van der Waals surface area contributed by atoms with Gasteiger partial charge in [-0.15, -0.1) is 0 Å². The molecule has 1 N–H and O–H groups in total. The lowest BCUT2D eigenvalue weighted by molar-refractivity contribution is -0.0975. The van der Waals surface area contributed by atoms with Gasteiger partial charge in [0.25, 0.3) is 0 Å². The van der Waals surface area contributed by atoms with Crippen LogP contribution in [-0.4, -0.2) is 87.7 Å². The largest absolute Gasteiger partial charge is 0.444 e. The summed E-state index contributed by atoms with van der Waals surface area (Å²) in [7, 11) is 0. The number of benzene rings is 2. The van der Waals surface area contributed by atoms with Crippen LogP contribution in [0.3, 0.4) is 0 Å². The minimum absolute atomic E-state index is 0.255. The molecule has 0 heterocycles.